The van der Waals surface area contributed by atoms with Crippen molar-refractivity contribution in [3.63, 3.8) is 0 Å². The molecule has 0 saturated carbocycles. The van der Waals surface area contributed by atoms with Crippen molar-refractivity contribution in [3.8, 4) is 17.4 Å². The van der Waals surface area contributed by atoms with E-state index in [1.165, 1.54) is 14.2 Å². The first-order chi connectivity index (χ1) is 15.6. The predicted octanol–water partition coefficient (Wildman–Crippen LogP) is 2.67. The minimum absolute atomic E-state index is 0.0396. The minimum Gasteiger partial charge on any atom is -0.494 e. The van der Waals surface area contributed by atoms with E-state index < -0.39 is 22.5 Å². The maximum absolute atomic E-state index is 12.0. The molecule has 0 saturated heterocycles. The van der Waals surface area contributed by atoms with Crippen LogP contribution in [-0.4, -0.2) is 57.1 Å². The average Bonchev–Trinajstić information content (AvgIpc) is 3.09. The number of H-pyrrole nitrogens is 1. The van der Waals surface area contributed by atoms with E-state index in [0.29, 0.717) is 51.5 Å². The number of primary amides is 1. The number of aromatic amines is 1. The van der Waals surface area contributed by atoms with Crippen LogP contribution in [0.5, 0.6) is 17.4 Å². The number of fused-ring (bicyclic) bond motifs is 1. The van der Waals surface area contributed by atoms with Crippen molar-refractivity contribution in [2.75, 3.05) is 31.3 Å². The van der Waals surface area contributed by atoms with Crippen molar-refractivity contribution >= 4 is 43.9 Å². The standard InChI is InChI=1S/C22H26N4O6S/c1-5-16(21-15-10-18(31-2)19(32-3)11-17(15)25-22(21)28)24-13-6-8-14(9-7-13)26(12-20(23)27)33(4,29)30/h6-11,25,28H,5,12H2,1-4H3,(H2,23,27). The molecular weight excluding hydrogens is 448 g/mol. The molecule has 1 aromatic heterocycles. The average molecular weight is 475 g/mol. The molecule has 1 amide bonds. The van der Waals surface area contributed by atoms with Gasteiger partial charge in [-0.2, -0.15) is 0 Å². The van der Waals surface area contributed by atoms with Crippen molar-refractivity contribution in [2.24, 2.45) is 10.7 Å². The quantitative estimate of drug-likeness (QED) is 0.406. The maximum Gasteiger partial charge on any atom is 0.238 e. The van der Waals surface area contributed by atoms with E-state index in [0.717, 1.165) is 10.6 Å². The molecule has 0 aliphatic rings. The van der Waals surface area contributed by atoms with E-state index >= 15 is 0 Å². The van der Waals surface area contributed by atoms with E-state index in [4.69, 9.17) is 15.2 Å². The van der Waals surface area contributed by atoms with Crippen LogP contribution in [-0.2, 0) is 14.8 Å². The number of hydrogen-bond acceptors (Lipinski definition) is 7. The Balaban J connectivity index is 2.04. The molecule has 33 heavy (non-hydrogen) atoms. The van der Waals surface area contributed by atoms with E-state index in [-0.39, 0.29) is 5.88 Å². The maximum atomic E-state index is 12.0. The van der Waals surface area contributed by atoms with Gasteiger partial charge in [-0.25, -0.2) is 8.42 Å². The van der Waals surface area contributed by atoms with Crippen LogP contribution < -0.4 is 19.5 Å². The van der Waals surface area contributed by atoms with Crippen molar-refractivity contribution in [1.82, 2.24) is 4.98 Å². The molecule has 3 rings (SSSR count). The summed E-state index contributed by atoms with van der Waals surface area (Å²) in [7, 11) is -0.630. The Hall–Kier alpha value is -3.73. The number of aromatic hydroxyl groups is 1. The summed E-state index contributed by atoms with van der Waals surface area (Å²) in [6.07, 6.45) is 1.51. The van der Waals surface area contributed by atoms with Gasteiger partial charge in [0.2, 0.25) is 15.9 Å². The summed E-state index contributed by atoms with van der Waals surface area (Å²) in [5.74, 6) is 0.232. The first-order valence-electron chi connectivity index (χ1n) is 9.99. The van der Waals surface area contributed by atoms with Crippen molar-refractivity contribution in [3.05, 3.63) is 42.0 Å². The number of hydrogen-bond donors (Lipinski definition) is 3. The molecule has 0 atom stereocenters. The fourth-order valence-corrected chi connectivity index (χ4v) is 4.37. The van der Waals surface area contributed by atoms with Gasteiger partial charge in [0.1, 0.15) is 6.54 Å². The van der Waals surface area contributed by atoms with Crippen LogP contribution in [0.2, 0.25) is 0 Å². The van der Waals surface area contributed by atoms with Gasteiger partial charge in [-0.15, -0.1) is 0 Å². The third-order valence-corrected chi connectivity index (χ3v) is 6.15. The number of amides is 1. The molecule has 0 bridgehead atoms. The number of aliphatic imine (C=N–C) groups is 1. The summed E-state index contributed by atoms with van der Waals surface area (Å²) in [4.78, 5) is 18.9. The second-order valence-electron chi connectivity index (χ2n) is 7.27. The molecule has 2 aromatic carbocycles. The number of aromatic nitrogens is 1. The number of rotatable bonds is 9. The van der Waals surface area contributed by atoms with E-state index in [1.54, 1.807) is 36.4 Å². The molecule has 0 unspecified atom stereocenters. The third-order valence-electron chi connectivity index (χ3n) is 5.01. The molecule has 0 aliphatic carbocycles. The highest BCUT2D eigenvalue weighted by Gasteiger charge is 2.21. The summed E-state index contributed by atoms with van der Waals surface area (Å²) >= 11 is 0. The molecule has 0 fully saturated rings. The second kappa shape index (κ2) is 9.41. The summed E-state index contributed by atoms with van der Waals surface area (Å²) in [6, 6.07) is 9.83. The zero-order chi connectivity index (χ0) is 24.3. The Kier molecular flexibility index (Phi) is 6.82. The van der Waals surface area contributed by atoms with Gasteiger partial charge in [0.05, 0.1) is 48.6 Å². The second-order valence-corrected chi connectivity index (χ2v) is 9.17. The van der Waals surface area contributed by atoms with Gasteiger partial charge in [-0.3, -0.25) is 14.1 Å². The monoisotopic (exact) mass is 474 g/mol. The SMILES string of the molecule is CCC(=Nc1ccc(N(CC(N)=O)S(C)(=O)=O)cc1)c1c(O)[nH]c2cc(OC)c(OC)cc12. The summed E-state index contributed by atoms with van der Waals surface area (Å²) in [6.45, 7) is 1.45. The van der Waals surface area contributed by atoms with Crippen LogP contribution in [0.15, 0.2) is 41.4 Å². The molecular formula is C22H26N4O6S. The predicted molar refractivity (Wildman–Crippen MR) is 127 cm³/mol. The third kappa shape index (κ3) is 5.03. The number of nitrogens with one attached hydrogen (secondary N) is 1. The zero-order valence-corrected chi connectivity index (χ0v) is 19.6. The Labute approximate surface area is 191 Å². The smallest absolute Gasteiger partial charge is 0.238 e. The molecule has 10 nitrogen and oxygen atoms in total. The van der Waals surface area contributed by atoms with Gasteiger partial charge in [0.25, 0.3) is 0 Å². The van der Waals surface area contributed by atoms with Gasteiger partial charge >= 0.3 is 0 Å². The molecule has 11 heteroatoms. The molecule has 0 aliphatic heterocycles. The highest BCUT2D eigenvalue weighted by molar-refractivity contribution is 7.92. The lowest BCUT2D eigenvalue weighted by molar-refractivity contribution is -0.116. The van der Waals surface area contributed by atoms with Crippen LogP contribution in [0.25, 0.3) is 10.9 Å². The summed E-state index contributed by atoms with van der Waals surface area (Å²) < 4.78 is 35.7. The molecule has 3 aromatic rings. The highest BCUT2D eigenvalue weighted by Crippen LogP contribution is 2.37. The number of benzene rings is 2. The Morgan fingerprint density at radius 3 is 2.27 bits per heavy atom. The summed E-state index contributed by atoms with van der Waals surface area (Å²) in [5.41, 5.74) is 7.81. The van der Waals surface area contributed by atoms with Crippen LogP contribution in [0.3, 0.4) is 0 Å². The zero-order valence-electron chi connectivity index (χ0n) is 18.7. The van der Waals surface area contributed by atoms with Crippen molar-refractivity contribution in [1.29, 1.82) is 0 Å². The Morgan fingerprint density at radius 2 is 1.76 bits per heavy atom. The van der Waals surface area contributed by atoms with Gasteiger partial charge in [0, 0.05) is 11.5 Å². The number of sulfonamides is 1. The van der Waals surface area contributed by atoms with Crippen LogP contribution in [0, 0.1) is 0 Å². The molecule has 176 valence electrons. The number of nitrogens with two attached hydrogens (primary N) is 1. The Bertz CT molecular complexity index is 1310. The molecule has 0 spiro atoms. The number of carbonyl (C=O) groups is 1. The molecule has 1 heterocycles. The molecule has 0 radical (unpaired) electrons. The number of methoxy groups -OCH3 is 2. The van der Waals surface area contributed by atoms with Crippen molar-refractivity contribution < 1.29 is 27.8 Å². The number of anilines is 1. The lowest BCUT2D eigenvalue weighted by Crippen LogP contribution is -2.37. The van der Waals surface area contributed by atoms with E-state index in [2.05, 4.69) is 9.98 Å². The van der Waals surface area contributed by atoms with Gasteiger partial charge < -0.3 is 25.3 Å². The van der Waals surface area contributed by atoms with Crippen LogP contribution >= 0.6 is 0 Å². The number of ether oxygens (including phenoxy) is 2. The largest absolute Gasteiger partial charge is 0.494 e. The van der Waals surface area contributed by atoms with Crippen LogP contribution in [0.1, 0.15) is 18.9 Å². The van der Waals surface area contributed by atoms with Crippen LogP contribution in [0.4, 0.5) is 11.4 Å². The van der Waals surface area contributed by atoms with Gasteiger partial charge in [-0.1, -0.05) is 6.92 Å². The highest BCUT2D eigenvalue weighted by atomic mass is 32.2. The lowest BCUT2D eigenvalue weighted by atomic mass is 10.1. The molecule has 4 N–H and O–H groups in total. The van der Waals surface area contributed by atoms with Gasteiger partial charge in [-0.05, 0) is 36.8 Å². The fraction of sp³-hybridized carbons (Fsp3) is 0.273. The number of carbonyl (C=O) groups excluding carboxylic acids is 1. The minimum atomic E-state index is -3.69. The topological polar surface area (TPSA) is 147 Å². The first-order valence-corrected chi connectivity index (χ1v) is 11.8. The normalized spacial score (nSPS) is 12.1. The fourth-order valence-electron chi connectivity index (χ4n) is 3.50. The van der Waals surface area contributed by atoms with E-state index in [1.807, 2.05) is 6.92 Å². The first kappa shape index (κ1) is 23.9. The Morgan fingerprint density at radius 1 is 1.15 bits per heavy atom. The summed E-state index contributed by atoms with van der Waals surface area (Å²) in [5, 5.41) is 11.3. The van der Waals surface area contributed by atoms with Crippen molar-refractivity contribution in [2.45, 2.75) is 13.3 Å². The lowest BCUT2D eigenvalue weighted by Gasteiger charge is -2.20. The van der Waals surface area contributed by atoms with E-state index in [9.17, 15) is 18.3 Å². The van der Waals surface area contributed by atoms with Gasteiger partial charge in [0.15, 0.2) is 17.4 Å². The number of nitrogens with zero attached hydrogens (tertiary/aromatic N) is 2.